The van der Waals surface area contributed by atoms with Gasteiger partial charge in [0.1, 0.15) is 0 Å². The highest BCUT2D eigenvalue weighted by atomic mass is 15.1. The van der Waals surface area contributed by atoms with E-state index in [1.165, 1.54) is 82.4 Å². The maximum Gasteiger partial charge on any atom is 0.0624 e. The number of nitrogens with zero attached hydrogens (tertiary/aromatic N) is 1. The molecule has 0 radical (unpaired) electrons. The Morgan fingerprint density at radius 2 is 0.639 bits per heavy atom. The molecule has 0 aliphatic carbocycles. The van der Waals surface area contributed by atoms with E-state index in [9.17, 15) is 0 Å². The van der Waals surface area contributed by atoms with Crippen LogP contribution in [-0.4, -0.2) is 0 Å². The highest BCUT2D eigenvalue weighted by molar-refractivity contribution is 6.22. The van der Waals surface area contributed by atoms with Crippen molar-refractivity contribution >= 4 is 49.4 Å². The summed E-state index contributed by atoms with van der Waals surface area (Å²) in [5.41, 5.74) is 15.3. The Hall–Kier alpha value is -8.00. The minimum atomic E-state index is 1.09. The van der Waals surface area contributed by atoms with Gasteiger partial charge in [0.25, 0.3) is 0 Å². The van der Waals surface area contributed by atoms with Crippen molar-refractivity contribution in [2.75, 3.05) is 4.90 Å². The summed E-state index contributed by atoms with van der Waals surface area (Å²) < 4.78 is 0. The highest BCUT2D eigenvalue weighted by Crippen LogP contribution is 2.50. The van der Waals surface area contributed by atoms with Crippen LogP contribution in [0.2, 0.25) is 0 Å². The van der Waals surface area contributed by atoms with Gasteiger partial charge in [-0.2, -0.15) is 0 Å². The Balaban J connectivity index is 1.13. The van der Waals surface area contributed by atoms with E-state index in [4.69, 9.17) is 0 Å². The molecule has 0 saturated heterocycles. The maximum atomic E-state index is 2.47. The number of benzene rings is 11. The third kappa shape index (κ3) is 6.73. The molecule has 0 bridgehead atoms. The van der Waals surface area contributed by atoms with E-state index < -0.39 is 0 Å². The lowest BCUT2D eigenvalue weighted by Gasteiger charge is -2.31. The van der Waals surface area contributed by atoms with Crippen LogP contribution in [0.15, 0.2) is 249 Å². The van der Waals surface area contributed by atoms with Crippen molar-refractivity contribution in [3.05, 3.63) is 249 Å². The molecule has 61 heavy (non-hydrogen) atoms. The van der Waals surface area contributed by atoms with Crippen LogP contribution in [-0.2, 0) is 0 Å². The molecule has 0 N–H and O–H groups in total. The van der Waals surface area contributed by atoms with Gasteiger partial charge in [0.2, 0.25) is 0 Å². The molecule has 286 valence electrons. The number of hydrogen-bond donors (Lipinski definition) is 0. The Kier molecular flexibility index (Phi) is 9.26. The normalized spacial score (nSPS) is 11.3. The average Bonchev–Trinajstić information content (AvgIpc) is 3.35. The lowest BCUT2D eigenvalue weighted by atomic mass is 9.88. The Bertz CT molecular complexity index is 3270. The van der Waals surface area contributed by atoms with E-state index in [1.54, 1.807) is 0 Å². The van der Waals surface area contributed by atoms with Gasteiger partial charge in [0.05, 0.1) is 5.69 Å². The number of fused-ring (bicyclic) bond motifs is 4. The van der Waals surface area contributed by atoms with Crippen LogP contribution in [0.5, 0.6) is 0 Å². The van der Waals surface area contributed by atoms with E-state index in [-0.39, 0.29) is 0 Å². The molecule has 0 unspecified atom stereocenters. The van der Waals surface area contributed by atoms with Crippen molar-refractivity contribution in [1.29, 1.82) is 0 Å². The van der Waals surface area contributed by atoms with Gasteiger partial charge in [-0.05, 0) is 126 Å². The van der Waals surface area contributed by atoms with Crippen LogP contribution in [0.25, 0.3) is 88.0 Å². The molecule has 0 saturated carbocycles. The molecular weight excluding hydrogens is 735 g/mol. The minimum absolute atomic E-state index is 1.09. The van der Waals surface area contributed by atoms with Crippen molar-refractivity contribution in [1.82, 2.24) is 0 Å². The fourth-order valence-electron chi connectivity index (χ4n) is 9.14. The van der Waals surface area contributed by atoms with Crippen molar-refractivity contribution in [3.63, 3.8) is 0 Å². The predicted octanol–water partition coefficient (Wildman–Crippen LogP) is 17.0. The van der Waals surface area contributed by atoms with Crippen LogP contribution >= 0.6 is 0 Å². The Morgan fingerprint density at radius 3 is 1.28 bits per heavy atom. The first-order valence-electron chi connectivity index (χ1n) is 21.0. The second-order valence-corrected chi connectivity index (χ2v) is 15.7. The van der Waals surface area contributed by atoms with Gasteiger partial charge in [0.15, 0.2) is 0 Å². The topological polar surface area (TPSA) is 3.24 Å². The molecule has 0 aromatic heterocycles. The summed E-state index contributed by atoms with van der Waals surface area (Å²) in [5, 5.41) is 7.37. The monoisotopic (exact) mass is 775 g/mol. The second kappa shape index (κ2) is 15.6. The fraction of sp³-hybridized carbons (Fsp3) is 0. The Morgan fingerprint density at radius 1 is 0.230 bits per heavy atom. The molecule has 11 aromatic rings. The van der Waals surface area contributed by atoms with E-state index >= 15 is 0 Å². The molecule has 0 aliphatic rings. The lowest BCUT2D eigenvalue weighted by molar-refractivity contribution is 1.30. The summed E-state index contributed by atoms with van der Waals surface area (Å²) in [4.78, 5) is 2.47. The van der Waals surface area contributed by atoms with Crippen LogP contribution in [0, 0.1) is 0 Å². The number of para-hydroxylation sites is 1. The molecule has 0 fully saturated rings. The van der Waals surface area contributed by atoms with Gasteiger partial charge in [0, 0.05) is 22.3 Å². The smallest absolute Gasteiger partial charge is 0.0624 e. The summed E-state index contributed by atoms with van der Waals surface area (Å²) in [6.45, 7) is 0. The third-order valence-electron chi connectivity index (χ3n) is 12.0. The van der Waals surface area contributed by atoms with E-state index in [0.29, 0.717) is 0 Å². The maximum absolute atomic E-state index is 2.47. The first-order chi connectivity index (χ1) is 30.3. The molecule has 0 amide bonds. The zero-order valence-corrected chi connectivity index (χ0v) is 33.6. The van der Waals surface area contributed by atoms with Gasteiger partial charge in [-0.3, -0.25) is 0 Å². The van der Waals surface area contributed by atoms with Crippen molar-refractivity contribution in [2.45, 2.75) is 0 Å². The quantitative estimate of drug-likeness (QED) is 0.139. The Labute approximate surface area is 357 Å². The molecule has 11 rings (SSSR count). The molecule has 0 aliphatic heterocycles. The zero-order chi connectivity index (χ0) is 40.5. The van der Waals surface area contributed by atoms with Crippen LogP contribution < -0.4 is 4.90 Å². The second-order valence-electron chi connectivity index (χ2n) is 15.7. The first-order valence-corrected chi connectivity index (χ1v) is 21.0. The van der Waals surface area contributed by atoms with Gasteiger partial charge < -0.3 is 4.90 Å². The summed E-state index contributed by atoms with van der Waals surface area (Å²) in [7, 11) is 0. The predicted molar refractivity (Wildman–Crippen MR) is 261 cm³/mol. The molecule has 0 spiro atoms. The SMILES string of the molecule is c1ccc(-c2cc(-c3ccccc3)cc(-c3ccc(N(c4ccccc4)c4c(-c5cccc(-c6cccc7ccccc67)c5)c5ccccc5c5ccccc45)cc3)c2)cc1. The van der Waals surface area contributed by atoms with E-state index in [1.807, 2.05) is 0 Å². The minimum Gasteiger partial charge on any atom is -0.309 e. The molecular formula is C60H41N. The van der Waals surface area contributed by atoms with Gasteiger partial charge in [-0.15, -0.1) is 0 Å². The summed E-state index contributed by atoms with van der Waals surface area (Å²) in [6.07, 6.45) is 0. The summed E-state index contributed by atoms with van der Waals surface area (Å²) >= 11 is 0. The van der Waals surface area contributed by atoms with E-state index in [2.05, 4.69) is 254 Å². The molecule has 11 aromatic carbocycles. The van der Waals surface area contributed by atoms with Gasteiger partial charge >= 0.3 is 0 Å². The number of rotatable bonds is 8. The van der Waals surface area contributed by atoms with E-state index in [0.717, 1.165) is 22.6 Å². The van der Waals surface area contributed by atoms with Crippen LogP contribution in [0.1, 0.15) is 0 Å². The standard InChI is InChI=1S/C60H41N/c1-4-18-42(19-5-1)48-39-49(43-20-6-2-7-21-43)41-50(40-48)44-34-36-52(37-35-44)61(51-26-8-3-9-27-51)60-58-32-15-13-30-56(58)55-29-12-14-31-57(55)59(60)47-25-16-24-46(38-47)54-33-17-23-45-22-10-11-28-53(45)54/h1-41H. The average molecular weight is 776 g/mol. The highest BCUT2D eigenvalue weighted by Gasteiger charge is 2.24. The van der Waals surface area contributed by atoms with Gasteiger partial charge in [-0.25, -0.2) is 0 Å². The van der Waals surface area contributed by atoms with Crippen molar-refractivity contribution in [3.8, 4) is 55.6 Å². The first kappa shape index (κ1) is 36.1. The summed E-state index contributed by atoms with van der Waals surface area (Å²) in [5.74, 6) is 0. The number of anilines is 3. The largest absolute Gasteiger partial charge is 0.309 e. The van der Waals surface area contributed by atoms with Crippen molar-refractivity contribution < 1.29 is 0 Å². The van der Waals surface area contributed by atoms with Crippen LogP contribution in [0.4, 0.5) is 17.1 Å². The van der Waals surface area contributed by atoms with Crippen molar-refractivity contribution in [2.24, 2.45) is 0 Å². The number of hydrogen-bond acceptors (Lipinski definition) is 1. The molecule has 0 heterocycles. The molecule has 1 nitrogen and oxygen atoms in total. The fourth-order valence-corrected chi connectivity index (χ4v) is 9.14. The van der Waals surface area contributed by atoms with Crippen LogP contribution in [0.3, 0.4) is 0 Å². The summed E-state index contributed by atoms with van der Waals surface area (Å²) in [6, 6.07) is 90.5. The lowest BCUT2D eigenvalue weighted by Crippen LogP contribution is -2.12. The zero-order valence-electron chi connectivity index (χ0n) is 33.6. The molecule has 0 atom stereocenters. The third-order valence-corrected chi connectivity index (χ3v) is 12.0. The molecule has 1 heteroatoms. The van der Waals surface area contributed by atoms with Gasteiger partial charge in [-0.1, -0.05) is 200 Å².